The van der Waals surface area contributed by atoms with Crippen molar-refractivity contribution < 1.29 is 19.4 Å². The average Bonchev–Trinajstić information content (AvgIpc) is 2.67. The number of aliphatic carboxylic acids is 1. The molecule has 0 atom stereocenters. The SMILES string of the molecule is Cn1nc(-c2ccc(F)cc2O)nc1SCC(=O)O. The number of hydrogen-bond acceptors (Lipinski definition) is 5. The number of carboxylic acid groups (broad SMARTS) is 1. The van der Waals surface area contributed by atoms with E-state index in [0.29, 0.717) is 10.7 Å². The Morgan fingerprint density at radius 3 is 2.89 bits per heavy atom. The number of phenols is 1. The van der Waals surface area contributed by atoms with Crippen LogP contribution in [0, 0.1) is 5.82 Å². The molecule has 6 nitrogen and oxygen atoms in total. The molecule has 0 aliphatic rings. The minimum Gasteiger partial charge on any atom is -0.507 e. The molecule has 0 aliphatic heterocycles. The molecule has 0 fully saturated rings. The molecule has 0 aliphatic carbocycles. The molecule has 0 saturated carbocycles. The van der Waals surface area contributed by atoms with E-state index in [9.17, 15) is 14.3 Å². The zero-order chi connectivity index (χ0) is 14.0. The molecule has 0 unspecified atom stereocenters. The van der Waals surface area contributed by atoms with Crippen LogP contribution in [0.15, 0.2) is 23.4 Å². The van der Waals surface area contributed by atoms with Gasteiger partial charge in [0.15, 0.2) is 11.0 Å². The Labute approximate surface area is 111 Å². The highest BCUT2D eigenvalue weighted by molar-refractivity contribution is 7.99. The molecule has 1 heterocycles. The fraction of sp³-hybridized carbons (Fsp3) is 0.182. The first-order chi connectivity index (χ1) is 8.97. The zero-order valence-corrected chi connectivity index (χ0v) is 10.7. The number of carboxylic acids is 1. The largest absolute Gasteiger partial charge is 0.507 e. The van der Waals surface area contributed by atoms with Gasteiger partial charge in [0.25, 0.3) is 0 Å². The van der Waals surface area contributed by atoms with Crippen molar-refractivity contribution >= 4 is 17.7 Å². The average molecular weight is 283 g/mol. The number of aromatic nitrogens is 3. The maximum Gasteiger partial charge on any atom is 0.313 e. The van der Waals surface area contributed by atoms with E-state index in [0.717, 1.165) is 17.8 Å². The van der Waals surface area contributed by atoms with Crippen LogP contribution in [-0.2, 0) is 11.8 Å². The van der Waals surface area contributed by atoms with Crippen molar-refractivity contribution in [1.29, 1.82) is 0 Å². The first-order valence-electron chi connectivity index (χ1n) is 5.22. The van der Waals surface area contributed by atoms with Gasteiger partial charge in [-0.1, -0.05) is 11.8 Å². The molecule has 0 spiro atoms. The topological polar surface area (TPSA) is 88.2 Å². The zero-order valence-electron chi connectivity index (χ0n) is 9.87. The Morgan fingerprint density at radius 1 is 1.53 bits per heavy atom. The second kappa shape index (κ2) is 5.27. The fourth-order valence-electron chi connectivity index (χ4n) is 1.43. The highest BCUT2D eigenvalue weighted by atomic mass is 32.2. The number of aryl methyl sites for hydroxylation is 1. The maximum atomic E-state index is 12.9. The Hall–Kier alpha value is -2.09. The first kappa shape index (κ1) is 13.3. The molecule has 19 heavy (non-hydrogen) atoms. The summed E-state index contributed by atoms with van der Waals surface area (Å²) in [6.07, 6.45) is 0. The summed E-state index contributed by atoms with van der Waals surface area (Å²) in [7, 11) is 1.61. The highest BCUT2D eigenvalue weighted by Crippen LogP contribution is 2.28. The predicted octanol–water partition coefficient (Wildman–Crippen LogP) is 1.50. The predicted molar refractivity (Wildman–Crippen MR) is 66.4 cm³/mol. The number of benzene rings is 1. The quantitative estimate of drug-likeness (QED) is 0.827. The first-order valence-corrected chi connectivity index (χ1v) is 6.20. The summed E-state index contributed by atoms with van der Waals surface area (Å²) in [5, 5.41) is 22.7. The minimum atomic E-state index is -0.959. The van der Waals surface area contributed by atoms with Crippen LogP contribution >= 0.6 is 11.8 Å². The summed E-state index contributed by atoms with van der Waals surface area (Å²) in [5.74, 6) is -1.70. The van der Waals surface area contributed by atoms with Crippen molar-refractivity contribution in [3.05, 3.63) is 24.0 Å². The summed E-state index contributed by atoms with van der Waals surface area (Å²) in [6.45, 7) is 0. The van der Waals surface area contributed by atoms with Crippen LogP contribution in [0.4, 0.5) is 4.39 Å². The van der Waals surface area contributed by atoms with Crippen LogP contribution in [0.5, 0.6) is 5.75 Å². The Kier molecular flexibility index (Phi) is 3.70. The molecule has 8 heteroatoms. The molecule has 2 aromatic rings. The smallest absolute Gasteiger partial charge is 0.313 e. The van der Waals surface area contributed by atoms with Gasteiger partial charge in [-0.2, -0.15) is 5.10 Å². The third kappa shape index (κ3) is 3.02. The van der Waals surface area contributed by atoms with Crippen LogP contribution in [-0.4, -0.2) is 36.7 Å². The maximum absolute atomic E-state index is 12.9. The minimum absolute atomic E-state index is 0.138. The molecule has 0 radical (unpaired) electrons. The van der Waals surface area contributed by atoms with Gasteiger partial charge in [0.1, 0.15) is 11.6 Å². The number of nitrogens with zero attached hydrogens (tertiary/aromatic N) is 3. The van der Waals surface area contributed by atoms with E-state index in [2.05, 4.69) is 10.1 Å². The van der Waals surface area contributed by atoms with Crippen molar-refractivity contribution in [3.63, 3.8) is 0 Å². The van der Waals surface area contributed by atoms with Crippen LogP contribution in [0.2, 0.25) is 0 Å². The van der Waals surface area contributed by atoms with Gasteiger partial charge in [0, 0.05) is 13.1 Å². The van der Waals surface area contributed by atoms with Crippen LogP contribution < -0.4 is 0 Å². The molecular formula is C11H10FN3O3S. The van der Waals surface area contributed by atoms with E-state index < -0.39 is 11.8 Å². The number of halogens is 1. The van der Waals surface area contributed by atoms with Gasteiger partial charge >= 0.3 is 5.97 Å². The second-order valence-electron chi connectivity index (χ2n) is 3.69. The van der Waals surface area contributed by atoms with Gasteiger partial charge in [0.2, 0.25) is 0 Å². The number of thioether (sulfide) groups is 1. The molecule has 2 N–H and O–H groups in total. The lowest BCUT2D eigenvalue weighted by molar-refractivity contribution is -0.133. The number of hydrogen-bond donors (Lipinski definition) is 2. The Morgan fingerprint density at radius 2 is 2.26 bits per heavy atom. The van der Waals surface area contributed by atoms with E-state index >= 15 is 0 Å². The van der Waals surface area contributed by atoms with Crippen LogP contribution in [0.25, 0.3) is 11.4 Å². The van der Waals surface area contributed by atoms with Crippen LogP contribution in [0.3, 0.4) is 0 Å². The summed E-state index contributed by atoms with van der Waals surface area (Å²) >= 11 is 1.01. The molecule has 1 aromatic heterocycles. The van der Waals surface area contributed by atoms with E-state index in [1.54, 1.807) is 7.05 Å². The third-order valence-corrected chi connectivity index (χ3v) is 3.25. The summed E-state index contributed by atoms with van der Waals surface area (Å²) in [4.78, 5) is 14.6. The van der Waals surface area contributed by atoms with Gasteiger partial charge in [-0.3, -0.25) is 4.79 Å². The molecule has 0 bridgehead atoms. The van der Waals surface area contributed by atoms with Crippen molar-refractivity contribution in [2.75, 3.05) is 5.75 Å². The fourth-order valence-corrected chi connectivity index (χ4v) is 2.06. The standard InChI is InChI=1S/C11H10FN3O3S/c1-15-11(19-5-9(17)18)13-10(14-15)7-3-2-6(12)4-8(7)16/h2-4,16H,5H2,1H3,(H,17,18). The summed E-state index contributed by atoms with van der Waals surface area (Å²) in [5.41, 5.74) is 0.291. The Bertz CT molecular complexity index is 630. The van der Waals surface area contributed by atoms with Gasteiger partial charge < -0.3 is 10.2 Å². The molecule has 0 amide bonds. The lowest BCUT2D eigenvalue weighted by Gasteiger charge is -1.98. The van der Waals surface area contributed by atoms with Crippen LogP contribution in [0.1, 0.15) is 0 Å². The number of rotatable bonds is 4. The van der Waals surface area contributed by atoms with E-state index in [1.807, 2.05) is 0 Å². The van der Waals surface area contributed by atoms with Crippen molar-refractivity contribution in [2.45, 2.75) is 5.16 Å². The van der Waals surface area contributed by atoms with E-state index in [4.69, 9.17) is 5.11 Å². The lowest BCUT2D eigenvalue weighted by Crippen LogP contribution is -2.00. The van der Waals surface area contributed by atoms with Crippen molar-refractivity contribution in [3.8, 4) is 17.1 Å². The molecule has 0 saturated heterocycles. The molecule has 100 valence electrons. The number of phenolic OH excluding ortho intramolecular Hbond substituents is 1. The summed E-state index contributed by atoms with van der Waals surface area (Å²) in [6, 6.07) is 3.52. The highest BCUT2D eigenvalue weighted by Gasteiger charge is 2.14. The lowest BCUT2D eigenvalue weighted by atomic mass is 10.2. The van der Waals surface area contributed by atoms with Gasteiger partial charge in [-0.05, 0) is 12.1 Å². The third-order valence-electron chi connectivity index (χ3n) is 2.25. The van der Waals surface area contributed by atoms with E-state index in [1.165, 1.54) is 16.8 Å². The number of carbonyl (C=O) groups is 1. The summed E-state index contributed by atoms with van der Waals surface area (Å²) < 4.78 is 14.3. The van der Waals surface area contributed by atoms with Gasteiger partial charge in [0.05, 0.1) is 11.3 Å². The van der Waals surface area contributed by atoms with Gasteiger partial charge in [-0.15, -0.1) is 0 Å². The Balaban J connectivity index is 2.31. The molecular weight excluding hydrogens is 273 g/mol. The van der Waals surface area contributed by atoms with E-state index in [-0.39, 0.29) is 17.3 Å². The number of aromatic hydroxyl groups is 1. The monoisotopic (exact) mass is 283 g/mol. The van der Waals surface area contributed by atoms with Crippen molar-refractivity contribution in [1.82, 2.24) is 14.8 Å². The van der Waals surface area contributed by atoms with Crippen molar-refractivity contribution in [2.24, 2.45) is 7.05 Å². The molecule has 1 aromatic carbocycles. The normalized spacial score (nSPS) is 10.6. The second-order valence-corrected chi connectivity index (χ2v) is 4.63. The molecule has 2 rings (SSSR count). The van der Waals surface area contributed by atoms with Gasteiger partial charge in [-0.25, -0.2) is 14.1 Å².